The lowest BCUT2D eigenvalue weighted by Crippen LogP contribution is -2.47. The van der Waals surface area contributed by atoms with E-state index in [9.17, 15) is 14.4 Å². The lowest BCUT2D eigenvalue weighted by Gasteiger charge is -2.21. The molecule has 0 saturated carbocycles. The fraction of sp³-hybridized carbons (Fsp3) is 0.571. The smallest absolute Gasteiger partial charge is 0.246 e. The van der Waals surface area contributed by atoms with Gasteiger partial charge in [0, 0.05) is 17.1 Å². The van der Waals surface area contributed by atoms with Gasteiger partial charge in [-0.2, -0.15) is 0 Å². The van der Waals surface area contributed by atoms with E-state index in [2.05, 4.69) is 15.5 Å². The lowest BCUT2D eigenvalue weighted by atomic mass is 10.1. The van der Waals surface area contributed by atoms with Gasteiger partial charge in [-0.05, 0) is 63.9 Å². The zero-order chi connectivity index (χ0) is 20.4. The van der Waals surface area contributed by atoms with Crippen molar-refractivity contribution in [1.29, 1.82) is 0 Å². The first-order valence-electron chi connectivity index (χ1n) is 10.0. The Bertz CT molecular complexity index is 675. The molecule has 1 aromatic carbocycles. The van der Waals surface area contributed by atoms with Crippen molar-refractivity contribution in [2.75, 3.05) is 25.0 Å². The van der Waals surface area contributed by atoms with Gasteiger partial charge in [-0.1, -0.05) is 30.5 Å². The molecule has 6 nitrogen and oxygen atoms in total. The molecular weight excluding hydrogens is 378 g/mol. The highest BCUT2D eigenvalue weighted by Gasteiger charge is 2.22. The number of amides is 2. The number of carbonyl (C=O) groups is 3. The number of likely N-dealkylation sites (tertiary alicyclic amines) is 1. The van der Waals surface area contributed by atoms with Gasteiger partial charge in [0.2, 0.25) is 11.8 Å². The van der Waals surface area contributed by atoms with Gasteiger partial charge >= 0.3 is 0 Å². The van der Waals surface area contributed by atoms with Gasteiger partial charge in [-0.25, -0.2) is 0 Å². The number of anilines is 1. The summed E-state index contributed by atoms with van der Waals surface area (Å²) in [5.41, 5.74) is 0.605. The van der Waals surface area contributed by atoms with Crippen LogP contribution in [-0.2, 0) is 14.4 Å². The fourth-order valence-corrected chi connectivity index (χ4v) is 3.54. The number of rotatable bonds is 11. The van der Waals surface area contributed by atoms with E-state index in [1.54, 1.807) is 31.2 Å². The van der Waals surface area contributed by atoms with Gasteiger partial charge < -0.3 is 15.4 Å². The number of hydrogen-bond acceptors (Lipinski definition) is 4. The van der Waals surface area contributed by atoms with E-state index in [-0.39, 0.29) is 17.6 Å². The summed E-state index contributed by atoms with van der Waals surface area (Å²) >= 11 is 5.98. The van der Waals surface area contributed by atoms with Gasteiger partial charge in [0.05, 0.1) is 6.54 Å². The van der Waals surface area contributed by atoms with Gasteiger partial charge in [-0.15, -0.1) is 0 Å². The molecule has 0 radical (unpaired) electrons. The largest absolute Gasteiger partial charge is 0.343 e. The summed E-state index contributed by atoms with van der Waals surface area (Å²) in [5, 5.41) is 6.26. The molecule has 0 spiro atoms. The van der Waals surface area contributed by atoms with E-state index in [0.717, 1.165) is 45.2 Å². The molecule has 1 unspecified atom stereocenters. The van der Waals surface area contributed by atoms with Crippen molar-refractivity contribution in [3.8, 4) is 0 Å². The Hall–Kier alpha value is -1.92. The topological polar surface area (TPSA) is 78.5 Å². The predicted octanol–water partition coefficient (Wildman–Crippen LogP) is 3.40. The van der Waals surface area contributed by atoms with Crippen LogP contribution in [0, 0.1) is 0 Å². The van der Waals surface area contributed by atoms with Gasteiger partial charge in [-0.3, -0.25) is 14.5 Å². The van der Waals surface area contributed by atoms with E-state index in [0.29, 0.717) is 30.1 Å². The van der Waals surface area contributed by atoms with Gasteiger partial charge in [0.25, 0.3) is 0 Å². The van der Waals surface area contributed by atoms with Gasteiger partial charge in [0.1, 0.15) is 11.8 Å². The van der Waals surface area contributed by atoms with Crippen molar-refractivity contribution in [2.45, 2.75) is 57.9 Å². The van der Waals surface area contributed by atoms with E-state index in [1.165, 1.54) is 0 Å². The van der Waals surface area contributed by atoms with Gasteiger partial charge in [0.15, 0.2) is 0 Å². The van der Waals surface area contributed by atoms with Crippen molar-refractivity contribution in [1.82, 2.24) is 10.2 Å². The second-order valence-corrected chi connectivity index (χ2v) is 7.84. The molecule has 0 bridgehead atoms. The highest BCUT2D eigenvalue weighted by atomic mass is 35.5. The third kappa shape index (κ3) is 8.40. The van der Waals surface area contributed by atoms with Crippen LogP contribution in [0.15, 0.2) is 24.3 Å². The first kappa shape index (κ1) is 22.4. The average Bonchev–Trinajstić information content (AvgIpc) is 3.13. The second kappa shape index (κ2) is 11.8. The van der Waals surface area contributed by atoms with Crippen molar-refractivity contribution >= 4 is 34.9 Å². The number of carbonyl (C=O) groups excluding carboxylic acids is 3. The summed E-state index contributed by atoms with van der Waals surface area (Å²) in [5.74, 6) is -0.199. The molecule has 7 heteroatoms. The SMILES string of the molecule is CC(=O)CCCCCC(NC(=O)CN1CCCC1)C(=O)Nc1cccc(Cl)c1. The second-order valence-electron chi connectivity index (χ2n) is 7.40. The molecule has 2 N–H and O–H groups in total. The van der Waals surface area contributed by atoms with Crippen LogP contribution in [0.1, 0.15) is 51.9 Å². The Morgan fingerprint density at radius 3 is 2.57 bits per heavy atom. The molecule has 1 heterocycles. The molecule has 0 aliphatic carbocycles. The number of Topliss-reactive ketones (excluding diaryl/α,β-unsaturated/α-hetero) is 1. The number of halogens is 1. The van der Waals surface area contributed by atoms with E-state index >= 15 is 0 Å². The number of nitrogens with one attached hydrogen (secondary N) is 2. The maximum atomic E-state index is 12.7. The molecule has 1 saturated heterocycles. The summed E-state index contributed by atoms with van der Waals surface area (Å²) < 4.78 is 0. The van der Waals surface area contributed by atoms with Crippen LogP contribution in [0.2, 0.25) is 5.02 Å². The Kier molecular flexibility index (Phi) is 9.44. The molecule has 1 aromatic rings. The summed E-state index contributed by atoms with van der Waals surface area (Å²) in [6.07, 6.45) is 5.74. The molecule has 2 amide bonds. The molecule has 2 rings (SSSR count). The number of unbranched alkanes of at least 4 members (excludes halogenated alkanes) is 2. The highest BCUT2D eigenvalue weighted by Crippen LogP contribution is 2.16. The number of hydrogen-bond donors (Lipinski definition) is 2. The Morgan fingerprint density at radius 2 is 1.89 bits per heavy atom. The van der Waals surface area contributed by atoms with Crippen LogP contribution < -0.4 is 10.6 Å². The quantitative estimate of drug-likeness (QED) is 0.551. The number of benzene rings is 1. The summed E-state index contributed by atoms with van der Waals surface area (Å²) in [6, 6.07) is 6.34. The number of nitrogens with zero attached hydrogens (tertiary/aromatic N) is 1. The van der Waals surface area contributed by atoms with Crippen LogP contribution in [0.5, 0.6) is 0 Å². The maximum Gasteiger partial charge on any atom is 0.246 e. The first-order valence-corrected chi connectivity index (χ1v) is 10.4. The van der Waals surface area contributed by atoms with E-state index in [1.807, 2.05) is 0 Å². The van der Waals surface area contributed by atoms with Crippen molar-refractivity contribution in [3.63, 3.8) is 0 Å². The van der Waals surface area contributed by atoms with Crippen LogP contribution in [0.25, 0.3) is 0 Å². The molecule has 154 valence electrons. The lowest BCUT2D eigenvalue weighted by molar-refractivity contribution is -0.127. The van der Waals surface area contributed by atoms with E-state index in [4.69, 9.17) is 11.6 Å². The standard InChI is InChI=1S/C21H30ClN3O3/c1-16(26)8-3-2-4-11-19(24-20(27)15-25-12-5-6-13-25)21(28)23-18-10-7-9-17(22)14-18/h7,9-10,14,19H,2-6,8,11-13,15H2,1H3,(H,23,28)(H,24,27). The Balaban J connectivity index is 1.90. The zero-order valence-electron chi connectivity index (χ0n) is 16.5. The predicted molar refractivity (Wildman–Crippen MR) is 111 cm³/mol. The van der Waals surface area contributed by atoms with Crippen LogP contribution in [0.4, 0.5) is 5.69 Å². The minimum Gasteiger partial charge on any atom is -0.343 e. The molecule has 1 aliphatic heterocycles. The molecule has 1 atom stereocenters. The highest BCUT2D eigenvalue weighted by molar-refractivity contribution is 6.30. The number of ketones is 1. The normalized spacial score (nSPS) is 15.2. The minimum absolute atomic E-state index is 0.128. The summed E-state index contributed by atoms with van der Waals surface area (Å²) in [4.78, 5) is 38.3. The fourth-order valence-electron chi connectivity index (χ4n) is 3.35. The third-order valence-corrected chi connectivity index (χ3v) is 5.07. The van der Waals surface area contributed by atoms with Crippen molar-refractivity contribution in [3.05, 3.63) is 29.3 Å². The maximum absolute atomic E-state index is 12.7. The van der Waals surface area contributed by atoms with Crippen molar-refractivity contribution < 1.29 is 14.4 Å². The molecule has 1 fully saturated rings. The van der Waals surface area contributed by atoms with Crippen molar-refractivity contribution in [2.24, 2.45) is 0 Å². The molecule has 0 aromatic heterocycles. The first-order chi connectivity index (χ1) is 13.4. The zero-order valence-corrected chi connectivity index (χ0v) is 17.3. The van der Waals surface area contributed by atoms with Crippen LogP contribution >= 0.6 is 11.6 Å². The molecule has 1 aliphatic rings. The van der Waals surface area contributed by atoms with E-state index < -0.39 is 6.04 Å². The van der Waals surface area contributed by atoms with Crippen LogP contribution in [0.3, 0.4) is 0 Å². The molecular formula is C21H30ClN3O3. The van der Waals surface area contributed by atoms with Crippen LogP contribution in [-0.4, -0.2) is 48.2 Å². The molecule has 28 heavy (non-hydrogen) atoms. The monoisotopic (exact) mass is 407 g/mol. The minimum atomic E-state index is -0.605. The third-order valence-electron chi connectivity index (χ3n) is 4.83. The Labute approximate surface area is 172 Å². The summed E-state index contributed by atoms with van der Waals surface area (Å²) in [6.45, 7) is 3.76. The summed E-state index contributed by atoms with van der Waals surface area (Å²) in [7, 11) is 0. The Morgan fingerprint density at radius 1 is 1.14 bits per heavy atom. The average molecular weight is 408 g/mol.